The van der Waals surface area contributed by atoms with Crippen molar-refractivity contribution in [1.29, 1.82) is 0 Å². The maximum atomic E-state index is 5.61. The van der Waals surface area contributed by atoms with Crippen LogP contribution < -0.4 is 5.73 Å². The Balaban J connectivity index is 2.23. The van der Waals surface area contributed by atoms with Crippen LogP contribution in [0.15, 0.2) is 18.5 Å². The zero-order valence-corrected chi connectivity index (χ0v) is 6.46. The first-order valence-electron chi connectivity index (χ1n) is 4.06. The van der Waals surface area contributed by atoms with Gasteiger partial charge in [0.15, 0.2) is 0 Å². The molecule has 1 aliphatic rings. The number of aromatic nitrogens is 1. The van der Waals surface area contributed by atoms with Gasteiger partial charge in [0.1, 0.15) is 0 Å². The molecule has 58 valence electrons. The third-order valence-electron chi connectivity index (χ3n) is 2.36. The van der Waals surface area contributed by atoms with Crippen LogP contribution in [0.2, 0.25) is 0 Å². The molecule has 1 aromatic rings. The molecule has 0 aliphatic heterocycles. The zero-order chi connectivity index (χ0) is 7.68. The fourth-order valence-electron chi connectivity index (χ4n) is 1.44. The molecule has 1 fully saturated rings. The van der Waals surface area contributed by atoms with Crippen LogP contribution >= 0.6 is 0 Å². The van der Waals surface area contributed by atoms with Crippen molar-refractivity contribution in [3.8, 4) is 0 Å². The normalized spacial score (nSPS) is 17.8. The summed E-state index contributed by atoms with van der Waals surface area (Å²) < 4.78 is 0. The second kappa shape index (κ2) is 2.53. The van der Waals surface area contributed by atoms with Gasteiger partial charge >= 0.3 is 0 Å². The Morgan fingerprint density at radius 3 is 2.73 bits per heavy atom. The maximum Gasteiger partial charge on any atom is 0.0503 e. The van der Waals surface area contributed by atoms with Crippen LogP contribution in [0.4, 0.5) is 5.69 Å². The van der Waals surface area contributed by atoms with E-state index >= 15 is 0 Å². The predicted molar refractivity (Wildman–Crippen MR) is 45.2 cm³/mol. The summed E-state index contributed by atoms with van der Waals surface area (Å²) in [6, 6.07) is 2.04. The Kier molecular flexibility index (Phi) is 1.53. The molecule has 0 spiro atoms. The van der Waals surface area contributed by atoms with E-state index in [1.165, 1.54) is 24.8 Å². The molecule has 11 heavy (non-hydrogen) atoms. The first-order chi connectivity index (χ1) is 5.36. The van der Waals surface area contributed by atoms with Gasteiger partial charge in [0.2, 0.25) is 0 Å². The van der Waals surface area contributed by atoms with Crippen molar-refractivity contribution < 1.29 is 0 Å². The number of rotatable bonds is 1. The van der Waals surface area contributed by atoms with E-state index < -0.39 is 0 Å². The van der Waals surface area contributed by atoms with Crippen LogP contribution in [0, 0.1) is 0 Å². The van der Waals surface area contributed by atoms with Gasteiger partial charge in [0.25, 0.3) is 0 Å². The molecule has 1 saturated carbocycles. The summed E-state index contributed by atoms with van der Waals surface area (Å²) in [5, 5.41) is 0. The van der Waals surface area contributed by atoms with E-state index in [0.29, 0.717) is 0 Å². The van der Waals surface area contributed by atoms with Gasteiger partial charge in [-0.1, -0.05) is 6.42 Å². The number of hydrogen-bond acceptors (Lipinski definition) is 2. The van der Waals surface area contributed by atoms with Crippen LogP contribution in [-0.2, 0) is 0 Å². The SMILES string of the molecule is Nc1cncc(C2CCC2)c1. The van der Waals surface area contributed by atoms with Gasteiger partial charge in [0.05, 0.1) is 5.69 Å². The molecular weight excluding hydrogens is 136 g/mol. The average Bonchev–Trinajstić information content (AvgIpc) is 1.83. The van der Waals surface area contributed by atoms with Crippen molar-refractivity contribution >= 4 is 5.69 Å². The fourth-order valence-corrected chi connectivity index (χ4v) is 1.44. The molecule has 0 amide bonds. The fraction of sp³-hybridized carbons (Fsp3) is 0.444. The monoisotopic (exact) mass is 148 g/mol. The van der Waals surface area contributed by atoms with Gasteiger partial charge < -0.3 is 5.73 Å². The standard InChI is InChI=1S/C9H12N2/c10-9-4-8(5-11-6-9)7-2-1-3-7/h4-7H,1-3,10H2. The molecule has 2 nitrogen and oxygen atoms in total. The zero-order valence-electron chi connectivity index (χ0n) is 6.46. The van der Waals surface area contributed by atoms with Gasteiger partial charge in [0, 0.05) is 12.4 Å². The van der Waals surface area contributed by atoms with Crippen molar-refractivity contribution in [1.82, 2.24) is 4.98 Å². The lowest BCUT2D eigenvalue weighted by Gasteiger charge is -2.25. The molecule has 0 unspecified atom stereocenters. The summed E-state index contributed by atoms with van der Waals surface area (Å²) in [4.78, 5) is 4.06. The Bertz CT molecular complexity index is 253. The van der Waals surface area contributed by atoms with E-state index in [-0.39, 0.29) is 0 Å². The Labute approximate surface area is 66.4 Å². The lowest BCUT2D eigenvalue weighted by Crippen LogP contribution is -2.09. The quantitative estimate of drug-likeness (QED) is 0.661. The number of hydrogen-bond donors (Lipinski definition) is 1. The summed E-state index contributed by atoms with van der Waals surface area (Å²) in [5.74, 6) is 0.742. The number of anilines is 1. The lowest BCUT2D eigenvalue weighted by atomic mass is 9.81. The summed E-state index contributed by atoms with van der Waals surface area (Å²) in [7, 11) is 0. The highest BCUT2D eigenvalue weighted by Crippen LogP contribution is 2.36. The van der Waals surface area contributed by atoms with E-state index in [0.717, 1.165) is 11.6 Å². The van der Waals surface area contributed by atoms with Crippen molar-refractivity contribution in [2.45, 2.75) is 25.2 Å². The van der Waals surface area contributed by atoms with Crippen molar-refractivity contribution in [2.24, 2.45) is 0 Å². The van der Waals surface area contributed by atoms with Crippen LogP contribution in [-0.4, -0.2) is 4.98 Å². The Hall–Kier alpha value is -1.05. The van der Waals surface area contributed by atoms with Gasteiger partial charge in [-0.05, 0) is 30.4 Å². The smallest absolute Gasteiger partial charge is 0.0503 e. The highest BCUT2D eigenvalue weighted by atomic mass is 14.7. The van der Waals surface area contributed by atoms with Crippen LogP contribution in [0.3, 0.4) is 0 Å². The van der Waals surface area contributed by atoms with Gasteiger partial charge in [-0.25, -0.2) is 0 Å². The molecule has 2 N–H and O–H groups in total. The average molecular weight is 148 g/mol. The highest BCUT2D eigenvalue weighted by Gasteiger charge is 2.19. The second-order valence-electron chi connectivity index (χ2n) is 3.18. The third kappa shape index (κ3) is 1.20. The van der Waals surface area contributed by atoms with Crippen LogP contribution in [0.25, 0.3) is 0 Å². The van der Waals surface area contributed by atoms with Gasteiger partial charge in [-0.3, -0.25) is 4.98 Å². The first kappa shape index (κ1) is 6.65. The summed E-state index contributed by atoms with van der Waals surface area (Å²) >= 11 is 0. The van der Waals surface area contributed by atoms with Crippen LogP contribution in [0.5, 0.6) is 0 Å². The lowest BCUT2D eigenvalue weighted by molar-refractivity contribution is 0.419. The molecule has 1 aromatic heterocycles. The maximum absolute atomic E-state index is 5.61. The summed E-state index contributed by atoms with van der Waals surface area (Å²) in [6.07, 6.45) is 7.61. The molecule has 1 heterocycles. The van der Waals surface area contributed by atoms with Crippen molar-refractivity contribution in [3.63, 3.8) is 0 Å². The minimum absolute atomic E-state index is 0.742. The molecule has 0 bridgehead atoms. The third-order valence-corrected chi connectivity index (χ3v) is 2.36. The van der Waals surface area contributed by atoms with Crippen molar-refractivity contribution in [2.75, 3.05) is 5.73 Å². The van der Waals surface area contributed by atoms with E-state index in [2.05, 4.69) is 4.98 Å². The minimum atomic E-state index is 0.742. The summed E-state index contributed by atoms with van der Waals surface area (Å²) in [6.45, 7) is 0. The molecule has 1 aliphatic carbocycles. The van der Waals surface area contributed by atoms with Crippen LogP contribution in [0.1, 0.15) is 30.7 Å². The summed E-state index contributed by atoms with van der Waals surface area (Å²) in [5.41, 5.74) is 7.72. The molecule has 2 heteroatoms. The molecule has 0 saturated heterocycles. The Morgan fingerprint density at radius 2 is 2.18 bits per heavy atom. The molecule has 0 aromatic carbocycles. The molecule has 0 atom stereocenters. The number of nitrogens with zero attached hydrogens (tertiary/aromatic N) is 1. The minimum Gasteiger partial charge on any atom is -0.397 e. The number of nitrogen functional groups attached to an aromatic ring is 1. The second-order valence-corrected chi connectivity index (χ2v) is 3.18. The number of nitrogens with two attached hydrogens (primary N) is 1. The first-order valence-corrected chi connectivity index (χ1v) is 4.06. The number of pyridine rings is 1. The van der Waals surface area contributed by atoms with Gasteiger partial charge in [-0.15, -0.1) is 0 Å². The molecule has 0 radical (unpaired) electrons. The van der Waals surface area contributed by atoms with E-state index in [1.54, 1.807) is 6.20 Å². The van der Waals surface area contributed by atoms with E-state index in [4.69, 9.17) is 5.73 Å². The highest BCUT2D eigenvalue weighted by molar-refractivity contribution is 5.38. The van der Waals surface area contributed by atoms with Crippen molar-refractivity contribution in [3.05, 3.63) is 24.0 Å². The van der Waals surface area contributed by atoms with E-state index in [9.17, 15) is 0 Å². The topological polar surface area (TPSA) is 38.9 Å². The Morgan fingerprint density at radius 1 is 1.36 bits per heavy atom. The van der Waals surface area contributed by atoms with E-state index in [1.807, 2.05) is 12.3 Å². The molecular formula is C9H12N2. The predicted octanol–water partition coefficient (Wildman–Crippen LogP) is 1.93. The van der Waals surface area contributed by atoms with Gasteiger partial charge in [-0.2, -0.15) is 0 Å². The molecule has 2 rings (SSSR count). The largest absolute Gasteiger partial charge is 0.397 e.